The van der Waals surface area contributed by atoms with Gasteiger partial charge in [-0.25, -0.2) is 0 Å². The molecule has 226 valence electrons. The summed E-state index contributed by atoms with van der Waals surface area (Å²) in [7, 11) is -2.05. The van der Waals surface area contributed by atoms with E-state index in [2.05, 4.69) is 65.8 Å². The summed E-state index contributed by atoms with van der Waals surface area (Å²) in [6.45, 7) is 18.6. The molecule has 0 spiro atoms. The molecule has 2 aromatic rings. The number of hydrogen-bond acceptors (Lipinski definition) is 2. The van der Waals surface area contributed by atoms with Gasteiger partial charge in [0.1, 0.15) is 5.75 Å². The molecule has 0 amide bonds. The van der Waals surface area contributed by atoms with E-state index in [0.29, 0.717) is 5.56 Å². The Hall–Kier alpha value is -2.73. The number of alkyl halides is 6. The zero-order chi connectivity index (χ0) is 31.8. The predicted molar refractivity (Wildman–Crippen MR) is 154 cm³/mol. The van der Waals surface area contributed by atoms with Gasteiger partial charge >= 0.3 is 12.4 Å². The SMILES string of the molecule is CCC(CC)(c1ccc(C#CC(=O)C(C)(C(F)(F)F)C(F)(F)F)c(C)c1)c1ccc(O[Si](C)(C)C(C)(C)C)c(C)c1. The maximum atomic E-state index is 13.3. The minimum absolute atomic E-state index is 0.0413. The lowest BCUT2D eigenvalue weighted by Gasteiger charge is -2.38. The van der Waals surface area contributed by atoms with Crippen LogP contribution in [0.3, 0.4) is 0 Å². The molecule has 0 bridgehead atoms. The smallest absolute Gasteiger partial charge is 0.410 e. The fourth-order valence-electron chi connectivity index (χ4n) is 4.49. The lowest BCUT2D eigenvalue weighted by molar-refractivity contribution is -0.316. The second kappa shape index (κ2) is 11.5. The van der Waals surface area contributed by atoms with Crippen molar-refractivity contribution in [1.29, 1.82) is 0 Å². The number of rotatable bonds is 7. The molecule has 0 unspecified atom stereocenters. The van der Waals surface area contributed by atoms with E-state index in [0.717, 1.165) is 35.3 Å². The molecule has 0 atom stereocenters. The van der Waals surface area contributed by atoms with Crippen molar-refractivity contribution in [2.75, 3.05) is 0 Å². The van der Waals surface area contributed by atoms with Crippen molar-refractivity contribution in [3.05, 3.63) is 64.2 Å². The van der Waals surface area contributed by atoms with E-state index in [9.17, 15) is 31.1 Å². The van der Waals surface area contributed by atoms with Gasteiger partial charge in [0.05, 0.1) is 0 Å². The highest BCUT2D eigenvalue weighted by Crippen LogP contribution is 2.50. The number of hydrogen-bond donors (Lipinski definition) is 0. The summed E-state index contributed by atoms with van der Waals surface area (Å²) < 4.78 is 86.0. The summed E-state index contributed by atoms with van der Waals surface area (Å²) in [6.07, 6.45) is -10.2. The molecule has 41 heavy (non-hydrogen) atoms. The van der Waals surface area contributed by atoms with Gasteiger partial charge in [0, 0.05) is 11.0 Å². The highest BCUT2D eigenvalue weighted by atomic mass is 28.4. The molecule has 0 aliphatic rings. The summed E-state index contributed by atoms with van der Waals surface area (Å²) in [6, 6.07) is 11.3. The Morgan fingerprint density at radius 1 is 0.805 bits per heavy atom. The van der Waals surface area contributed by atoms with Gasteiger partial charge < -0.3 is 4.43 Å². The van der Waals surface area contributed by atoms with Gasteiger partial charge in [-0.3, -0.25) is 4.79 Å². The Balaban J connectivity index is 2.52. The van der Waals surface area contributed by atoms with E-state index in [1.165, 1.54) is 0 Å². The Bertz CT molecular complexity index is 1320. The number of carbonyl (C=O) groups excluding carboxylic acids is 1. The molecule has 0 fully saturated rings. The standard InChI is InChI=1S/C32H40F6O2Si/c1-11-30(12-2,25-16-17-26(22(4)20-25)40-41(9,10)28(5,6)7)24-15-13-23(21(3)19-24)14-18-27(39)29(8,31(33,34)35)32(36,37)38/h13,15-17,19-20H,11-12H2,1-10H3. The second-order valence-electron chi connectivity index (χ2n) is 12.4. The highest BCUT2D eigenvalue weighted by Gasteiger charge is 2.71. The molecule has 0 radical (unpaired) electrons. The first-order valence-corrected chi connectivity index (χ1v) is 16.5. The zero-order valence-corrected chi connectivity index (χ0v) is 26.5. The van der Waals surface area contributed by atoms with Gasteiger partial charge in [-0.15, -0.1) is 0 Å². The molecule has 2 rings (SSSR count). The lowest BCUT2D eigenvalue weighted by Crippen LogP contribution is -2.53. The average molecular weight is 599 g/mol. The summed E-state index contributed by atoms with van der Waals surface area (Å²) in [5, 5.41) is 0.0413. The maximum absolute atomic E-state index is 13.3. The molecule has 0 N–H and O–H groups in total. The van der Waals surface area contributed by atoms with E-state index in [1.807, 2.05) is 19.1 Å². The van der Waals surface area contributed by atoms with Crippen molar-refractivity contribution in [3.8, 4) is 17.6 Å². The molecule has 9 heteroatoms. The van der Waals surface area contributed by atoms with Crippen LogP contribution in [-0.2, 0) is 10.2 Å². The molecule has 0 aliphatic carbocycles. The second-order valence-corrected chi connectivity index (χ2v) is 17.1. The third-order valence-electron chi connectivity index (χ3n) is 8.78. The molecular weight excluding hydrogens is 558 g/mol. The van der Waals surface area contributed by atoms with Gasteiger partial charge in [0.15, 0.2) is 0 Å². The van der Waals surface area contributed by atoms with Gasteiger partial charge in [-0.1, -0.05) is 64.8 Å². The topological polar surface area (TPSA) is 26.3 Å². The predicted octanol–water partition coefficient (Wildman–Crippen LogP) is 9.85. The van der Waals surface area contributed by atoms with Crippen LogP contribution in [0.5, 0.6) is 5.75 Å². The minimum atomic E-state index is -5.83. The van der Waals surface area contributed by atoms with Crippen molar-refractivity contribution in [3.63, 3.8) is 0 Å². The fraction of sp³-hybridized carbons (Fsp3) is 0.531. The summed E-state index contributed by atoms with van der Waals surface area (Å²) in [5.41, 5.74) is -1.23. The quantitative estimate of drug-likeness (QED) is 0.180. The number of halogens is 6. The molecular formula is C32H40F6O2Si. The number of aryl methyl sites for hydroxylation is 2. The van der Waals surface area contributed by atoms with Gasteiger partial charge in [-0.2, -0.15) is 26.3 Å². The van der Waals surface area contributed by atoms with Crippen LogP contribution in [0.15, 0.2) is 36.4 Å². The largest absolute Gasteiger partial charge is 0.543 e. The third-order valence-corrected chi connectivity index (χ3v) is 13.1. The van der Waals surface area contributed by atoms with Crippen LogP contribution in [0.1, 0.15) is 82.2 Å². The van der Waals surface area contributed by atoms with Crippen molar-refractivity contribution < 1.29 is 35.6 Å². The molecule has 0 saturated heterocycles. The van der Waals surface area contributed by atoms with E-state index < -0.39 is 37.3 Å². The first-order valence-electron chi connectivity index (χ1n) is 13.6. The van der Waals surface area contributed by atoms with Crippen LogP contribution < -0.4 is 4.43 Å². The molecule has 0 aromatic heterocycles. The highest BCUT2D eigenvalue weighted by molar-refractivity contribution is 6.74. The van der Waals surface area contributed by atoms with E-state index in [4.69, 9.17) is 4.43 Å². The van der Waals surface area contributed by atoms with Crippen molar-refractivity contribution in [1.82, 2.24) is 0 Å². The Labute approximate surface area is 241 Å². The number of Topliss-reactive ketones (excluding diaryl/α,β-unsaturated/α-hetero) is 1. The first kappa shape index (κ1) is 34.5. The van der Waals surface area contributed by atoms with Crippen LogP contribution in [0.25, 0.3) is 0 Å². The normalized spacial score (nSPS) is 13.5. The van der Waals surface area contributed by atoms with Crippen LogP contribution in [0.4, 0.5) is 26.3 Å². The lowest BCUT2D eigenvalue weighted by atomic mass is 9.70. The summed E-state index contributed by atoms with van der Waals surface area (Å²) >= 11 is 0. The minimum Gasteiger partial charge on any atom is -0.543 e. The maximum Gasteiger partial charge on any atom is 0.410 e. The van der Waals surface area contributed by atoms with Crippen molar-refractivity contribution in [2.45, 2.75) is 104 Å². The number of carbonyl (C=O) groups is 1. The molecule has 0 heterocycles. The number of ketones is 1. The Kier molecular flexibility index (Phi) is 9.67. The average Bonchev–Trinajstić information content (AvgIpc) is 2.83. The van der Waals surface area contributed by atoms with Crippen LogP contribution >= 0.6 is 0 Å². The molecule has 2 aromatic carbocycles. The number of benzene rings is 2. The molecule has 0 aliphatic heterocycles. The van der Waals surface area contributed by atoms with Crippen LogP contribution in [0, 0.1) is 31.1 Å². The monoisotopic (exact) mass is 598 g/mol. The van der Waals surface area contributed by atoms with E-state index >= 15 is 0 Å². The van der Waals surface area contributed by atoms with Crippen LogP contribution in [0.2, 0.25) is 18.1 Å². The van der Waals surface area contributed by atoms with Crippen molar-refractivity contribution >= 4 is 14.1 Å². The summed E-state index contributed by atoms with van der Waals surface area (Å²) in [4.78, 5) is 12.1. The molecule has 2 nitrogen and oxygen atoms in total. The van der Waals surface area contributed by atoms with Gasteiger partial charge in [0.2, 0.25) is 19.5 Å². The van der Waals surface area contributed by atoms with Crippen molar-refractivity contribution in [2.24, 2.45) is 5.41 Å². The first-order chi connectivity index (χ1) is 18.5. The van der Waals surface area contributed by atoms with Gasteiger partial charge in [0.25, 0.3) is 0 Å². The summed E-state index contributed by atoms with van der Waals surface area (Å²) in [5.74, 6) is 2.47. The molecule has 0 saturated carbocycles. The Morgan fingerprint density at radius 2 is 1.27 bits per heavy atom. The zero-order valence-electron chi connectivity index (χ0n) is 25.5. The van der Waals surface area contributed by atoms with Gasteiger partial charge in [-0.05, 0) is 92.1 Å². The third kappa shape index (κ3) is 6.53. The van der Waals surface area contributed by atoms with Crippen LogP contribution in [-0.4, -0.2) is 26.5 Å². The van der Waals surface area contributed by atoms with E-state index in [-0.39, 0.29) is 17.5 Å². The van der Waals surface area contributed by atoms with E-state index in [1.54, 1.807) is 25.0 Å². The fourth-order valence-corrected chi connectivity index (χ4v) is 5.58. The Morgan fingerprint density at radius 3 is 1.66 bits per heavy atom.